The number of rotatable bonds is 5. The summed E-state index contributed by atoms with van der Waals surface area (Å²) in [7, 11) is -3.34. The Labute approximate surface area is 141 Å². The maximum atomic E-state index is 13.8. The van der Waals surface area contributed by atoms with Crippen molar-refractivity contribution in [3.05, 3.63) is 35.4 Å². The minimum atomic E-state index is -3.34. The van der Waals surface area contributed by atoms with Crippen LogP contribution in [-0.4, -0.2) is 55.5 Å². The van der Waals surface area contributed by atoms with Crippen LogP contribution in [-0.2, 0) is 10.0 Å². The minimum absolute atomic E-state index is 0.0932. The number of amides is 1. The van der Waals surface area contributed by atoms with E-state index in [2.05, 4.69) is 0 Å². The van der Waals surface area contributed by atoms with Crippen LogP contribution in [0.25, 0.3) is 0 Å². The van der Waals surface area contributed by atoms with Crippen LogP contribution in [0.2, 0.25) is 0 Å². The number of hydrogen-bond acceptors (Lipinski definition) is 3. The van der Waals surface area contributed by atoms with Crippen LogP contribution in [0, 0.1) is 11.6 Å². The first-order valence-corrected chi connectivity index (χ1v) is 9.68. The average molecular weight is 360 g/mol. The van der Waals surface area contributed by atoms with E-state index < -0.39 is 27.6 Å². The molecule has 1 heterocycles. The van der Waals surface area contributed by atoms with Crippen molar-refractivity contribution in [1.82, 2.24) is 9.21 Å². The van der Waals surface area contributed by atoms with Gasteiger partial charge in [0, 0.05) is 26.2 Å². The molecule has 0 bridgehead atoms. The lowest BCUT2D eigenvalue weighted by molar-refractivity contribution is 0.0759. The number of halogens is 2. The molecule has 0 radical (unpaired) electrons. The second-order valence-electron chi connectivity index (χ2n) is 5.84. The summed E-state index contributed by atoms with van der Waals surface area (Å²) in [5.74, 6) is -1.98. The van der Waals surface area contributed by atoms with Crippen molar-refractivity contribution < 1.29 is 22.0 Å². The molecule has 2 rings (SSSR count). The summed E-state index contributed by atoms with van der Waals surface area (Å²) in [6.45, 7) is 2.91. The van der Waals surface area contributed by atoms with E-state index in [0.717, 1.165) is 24.6 Å². The molecule has 0 aromatic heterocycles. The van der Waals surface area contributed by atoms with Crippen LogP contribution < -0.4 is 0 Å². The Morgan fingerprint density at radius 2 is 1.92 bits per heavy atom. The third kappa shape index (κ3) is 4.51. The third-order valence-corrected chi connectivity index (χ3v) is 6.01. The Hall–Kier alpha value is -1.54. The molecule has 5 nitrogen and oxygen atoms in total. The predicted molar refractivity (Wildman–Crippen MR) is 87.1 cm³/mol. The lowest BCUT2D eigenvalue weighted by Gasteiger charge is -2.22. The highest BCUT2D eigenvalue weighted by Crippen LogP contribution is 2.16. The number of hydrogen-bond donors (Lipinski definition) is 0. The fourth-order valence-corrected chi connectivity index (χ4v) is 4.34. The molecule has 0 atom stereocenters. The Morgan fingerprint density at radius 1 is 1.17 bits per heavy atom. The minimum Gasteiger partial charge on any atom is -0.337 e. The first kappa shape index (κ1) is 18.8. The maximum Gasteiger partial charge on any atom is 0.256 e. The van der Waals surface area contributed by atoms with Gasteiger partial charge in [-0.05, 0) is 31.0 Å². The van der Waals surface area contributed by atoms with Gasteiger partial charge in [0.1, 0.15) is 11.6 Å². The Kier molecular flexibility index (Phi) is 6.28. The van der Waals surface area contributed by atoms with Crippen LogP contribution >= 0.6 is 0 Å². The van der Waals surface area contributed by atoms with Crippen LogP contribution in [0.1, 0.15) is 36.5 Å². The van der Waals surface area contributed by atoms with Crippen molar-refractivity contribution in [3.63, 3.8) is 0 Å². The Bertz CT molecular complexity index is 695. The molecule has 0 spiro atoms. The van der Waals surface area contributed by atoms with Gasteiger partial charge in [0.05, 0.1) is 11.3 Å². The molecule has 0 aliphatic carbocycles. The lowest BCUT2D eigenvalue weighted by atomic mass is 10.1. The van der Waals surface area contributed by atoms with Gasteiger partial charge < -0.3 is 4.90 Å². The molecule has 0 unspecified atom stereocenters. The second kappa shape index (κ2) is 8.02. The number of carbonyl (C=O) groups excluding carboxylic acids is 1. The van der Waals surface area contributed by atoms with Gasteiger partial charge >= 0.3 is 0 Å². The zero-order chi connectivity index (χ0) is 17.7. The lowest BCUT2D eigenvalue weighted by Crippen LogP contribution is -2.38. The second-order valence-corrected chi connectivity index (χ2v) is 7.93. The van der Waals surface area contributed by atoms with Gasteiger partial charge in [-0.25, -0.2) is 21.5 Å². The van der Waals surface area contributed by atoms with E-state index in [0.29, 0.717) is 25.9 Å². The van der Waals surface area contributed by atoms with E-state index in [-0.39, 0.29) is 24.4 Å². The summed E-state index contributed by atoms with van der Waals surface area (Å²) in [6, 6.07) is 2.75. The highest BCUT2D eigenvalue weighted by molar-refractivity contribution is 7.89. The molecule has 24 heavy (non-hydrogen) atoms. The predicted octanol–water partition coefficient (Wildman–Crippen LogP) is 2.24. The molecule has 0 N–H and O–H groups in total. The summed E-state index contributed by atoms with van der Waals surface area (Å²) in [5, 5.41) is 0. The fourth-order valence-electron chi connectivity index (χ4n) is 2.66. The van der Waals surface area contributed by atoms with Gasteiger partial charge in [-0.3, -0.25) is 4.79 Å². The van der Waals surface area contributed by atoms with E-state index in [1.807, 2.05) is 6.92 Å². The molecule has 1 aromatic rings. The highest BCUT2D eigenvalue weighted by atomic mass is 32.2. The van der Waals surface area contributed by atoms with E-state index >= 15 is 0 Å². The summed E-state index contributed by atoms with van der Waals surface area (Å²) >= 11 is 0. The number of unbranched alkanes of at least 4 members (excludes halogenated alkanes) is 1. The van der Waals surface area contributed by atoms with Crippen LogP contribution in [0.5, 0.6) is 0 Å². The molecule has 1 saturated heterocycles. The number of carbonyl (C=O) groups is 1. The third-order valence-electron chi connectivity index (χ3n) is 4.05. The van der Waals surface area contributed by atoms with Crippen LogP contribution in [0.15, 0.2) is 18.2 Å². The first-order valence-electron chi connectivity index (χ1n) is 8.07. The smallest absolute Gasteiger partial charge is 0.256 e. The topological polar surface area (TPSA) is 57.7 Å². The largest absolute Gasteiger partial charge is 0.337 e. The Morgan fingerprint density at radius 3 is 2.62 bits per heavy atom. The van der Waals surface area contributed by atoms with Gasteiger partial charge in [-0.15, -0.1) is 0 Å². The molecular formula is C16H22F2N2O3S. The van der Waals surface area contributed by atoms with Gasteiger partial charge in [-0.2, -0.15) is 0 Å². The summed E-state index contributed by atoms with van der Waals surface area (Å²) in [4.78, 5) is 13.8. The molecule has 1 fully saturated rings. The van der Waals surface area contributed by atoms with Crippen LogP contribution in [0.3, 0.4) is 0 Å². The van der Waals surface area contributed by atoms with E-state index in [9.17, 15) is 22.0 Å². The van der Waals surface area contributed by atoms with Crippen molar-refractivity contribution in [3.8, 4) is 0 Å². The quantitative estimate of drug-likeness (QED) is 0.809. The molecule has 0 saturated carbocycles. The summed E-state index contributed by atoms with van der Waals surface area (Å²) in [6.07, 6.45) is 1.85. The normalized spacial score (nSPS) is 16.9. The van der Waals surface area contributed by atoms with Crippen LogP contribution in [0.4, 0.5) is 8.78 Å². The average Bonchev–Trinajstić information content (AvgIpc) is 2.81. The number of nitrogens with zero attached hydrogens (tertiary/aromatic N) is 2. The zero-order valence-electron chi connectivity index (χ0n) is 13.7. The number of benzene rings is 1. The monoisotopic (exact) mass is 360 g/mol. The van der Waals surface area contributed by atoms with Crippen molar-refractivity contribution in [2.75, 3.05) is 31.9 Å². The number of sulfonamides is 1. The molecule has 134 valence electrons. The molecule has 1 aliphatic heterocycles. The van der Waals surface area contributed by atoms with Crippen molar-refractivity contribution in [2.45, 2.75) is 26.2 Å². The first-order chi connectivity index (χ1) is 11.3. The zero-order valence-corrected chi connectivity index (χ0v) is 14.5. The standard InChI is InChI=1S/C16H22F2N2O3S/c1-2-3-11-24(22,23)20-8-4-7-19(9-10-20)16(21)14-12-13(17)5-6-15(14)18/h5-6,12H,2-4,7-11H2,1H3. The summed E-state index contributed by atoms with van der Waals surface area (Å²) in [5.41, 5.74) is -0.322. The maximum absolute atomic E-state index is 13.8. The summed E-state index contributed by atoms with van der Waals surface area (Å²) < 4.78 is 52.9. The van der Waals surface area contributed by atoms with Gasteiger partial charge in [-0.1, -0.05) is 13.3 Å². The van der Waals surface area contributed by atoms with Crippen molar-refractivity contribution in [1.29, 1.82) is 0 Å². The molecular weight excluding hydrogens is 338 g/mol. The molecule has 1 aliphatic rings. The van der Waals surface area contributed by atoms with E-state index in [4.69, 9.17) is 0 Å². The van der Waals surface area contributed by atoms with Gasteiger partial charge in [0.15, 0.2) is 0 Å². The van der Waals surface area contributed by atoms with Gasteiger partial charge in [0.25, 0.3) is 5.91 Å². The SMILES string of the molecule is CCCCS(=O)(=O)N1CCCN(C(=O)c2cc(F)ccc2F)CC1. The van der Waals surface area contributed by atoms with E-state index in [1.165, 1.54) is 9.21 Å². The highest BCUT2D eigenvalue weighted by Gasteiger charge is 2.27. The van der Waals surface area contributed by atoms with Crippen molar-refractivity contribution in [2.24, 2.45) is 0 Å². The molecule has 1 amide bonds. The Balaban J connectivity index is 2.07. The van der Waals surface area contributed by atoms with E-state index in [1.54, 1.807) is 0 Å². The van der Waals surface area contributed by atoms with Gasteiger partial charge in [0.2, 0.25) is 10.0 Å². The van der Waals surface area contributed by atoms with Crippen molar-refractivity contribution >= 4 is 15.9 Å². The fraction of sp³-hybridized carbons (Fsp3) is 0.562. The molecule has 8 heteroatoms. The molecule has 1 aromatic carbocycles.